The highest BCUT2D eigenvalue weighted by atomic mass is 32.2. The summed E-state index contributed by atoms with van der Waals surface area (Å²) in [4.78, 5) is 12.2. The standard InChI is InChI=1S/C16H17NO3S/c1-20-15-8-6-14(7-9-15)17-16(18)13-5-3-4-12(10-13)11-21(2)19/h3-10H,11H2,1-2H3,(H,17,18). The molecule has 21 heavy (non-hydrogen) atoms. The van der Waals surface area contributed by atoms with Crippen LogP contribution in [0.4, 0.5) is 5.69 Å². The smallest absolute Gasteiger partial charge is 0.255 e. The molecule has 1 amide bonds. The van der Waals surface area contributed by atoms with E-state index in [1.54, 1.807) is 55.8 Å². The van der Waals surface area contributed by atoms with Crippen LogP contribution in [0, 0.1) is 0 Å². The van der Waals surface area contributed by atoms with Crippen molar-refractivity contribution in [3.63, 3.8) is 0 Å². The highest BCUT2D eigenvalue weighted by molar-refractivity contribution is 7.83. The molecule has 0 spiro atoms. The lowest BCUT2D eigenvalue weighted by Crippen LogP contribution is -2.12. The van der Waals surface area contributed by atoms with Gasteiger partial charge in [-0.2, -0.15) is 0 Å². The number of benzene rings is 2. The van der Waals surface area contributed by atoms with Gasteiger partial charge in [0.05, 0.1) is 7.11 Å². The normalized spacial score (nSPS) is 11.7. The SMILES string of the molecule is COc1ccc(NC(=O)c2cccc(CS(C)=O)c2)cc1. The fourth-order valence-electron chi connectivity index (χ4n) is 1.91. The molecule has 0 fully saturated rings. The summed E-state index contributed by atoms with van der Waals surface area (Å²) < 4.78 is 16.3. The number of carbonyl (C=O) groups excluding carboxylic acids is 1. The van der Waals surface area contributed by atoms with Gasteiger partial charge in [0.2, 0.25) is 0 Å². The van der Waals surface area contributed by atoms with Crippen LogP contribution in [-0.2, 0) is 16.6 Å². The summed E-state index contributed by atoms with van der Waals surface area (Å²) in [7, 11) is 0.669. The van der Waals surface area contributed by atoms with Gasteiger partial charge in [0.1, 0.15) is 5.75 Å². The molecule has 110 valence electrons. The fourth-order valence-corrected chi connectivity index (χ4v) is 2.56. The molecule has 5 heteroatoms. The average Bonchev–Trinajstić information content (AvgIpc) is 2.47. The number of carbonyl (C=O) groups is 1. The number of amides is 1. The van der Waals surface area contributed by atoms with Gasteiger partial charge in [-0.15, -0.1) is 0 Å². The largest absolute Gasteiger partial charge is 0.497 e. The van der Waals surface area contributed by atoms with Crippen LogP contribution in [0.1, 0.15) is 15.9 Å². The topological polar surface area (TPSA) is 55.4 Å². The molecule has 0 bridgehead atoms. The molecule has 0 aliphatic carbocycles. The predicted octanol–water partition coefficient (Wildman–Crippen LogP) is 2.83. The maximum Gasteiger partial charge on any atom is 0.255 e. The summed E-state index contributed by atoms with van der Waals surface area (Å²) in [6.45, 7) is 0. The van der Waals surface area contributed by atoms with Crippen molar-refractivity contribution in [2.24, 2.45) is 0 Å². The van der Waals surface area contributed by atoms with E-state index in [0.29, 0.717) is 17.0 Å². The van der Waals surface area contributed by atoms with E-state index >= 15 is 0 Å². The second-order valence-electron chi connectivity index (χ2n) is 4.60. The Morgan fingerprint density at radius 2 is 1.90 bits per heavy atom. The first-order valence-electron chi connectivity index (χ1n) is 6.43. The molecule has 0 saturated carbocycles. The van der Waals surface area contributed by atoms with Crippen LogP contribution in [0.5, 0.6) is 5.75 Å². The summed E-state index contributed by atoms with van der Waals surface area (Å²) >= 11 is 0. The van der Waals surface area contributed by atoms with Gasteiger partial charge in [0.25, 0.3) is 5.91 Å². The Morgan fingerprint density at radius 3 is 2.52 bits per heavy atom. The highest BCUT2D eigenvalue weighted by Crippen LogP contribution is 2.16. The lowest BCUT2D eigenvalue weighted by Gasteiger charge is -2.07. The van der Waals surface area contributed by atoms with Crippen LogP contribution in [0.2, 0.25) is 0 Å². The third-order valence-corrected chi connectivity index (χ3v) is 3.65. The quantitative estimate of drug-likeness (QED) is 0.924. The monoisotopic (exact) mass is 303 g/mol. The number of anilines is 1. The van der Waals surface area contributed by atoms with Gasteiger partial charge in [-0.1, -0.05) is 12.1 Å². The molecule has 4 nitrogen and oxygen atoms in total. The van der Waals surface area contributed by atoms with Gasteiger partial charge in [-0.3, -0.25) is 9.00 Å². The van der Waals surface area contributed by atoms with Crippen molar-refractivity contribution in [1.82, 2.24) is 0 Å². The number of ether oxygens (including phenoxy) is 1. The zero-order valence-corrected chi connectivity index (χ0v) is 12.8. The van der Waals surface area contributed by atoms with E-state index in [1.807, 2.05) is 6.07 Å². The van der Waals surface area contributed by atoms with E-state index in [0.717, 1.165) is 11.3 Å². The van der Waals surface area contributed by atoms with Gasteiger partial charge in [-0.25, -0.2) is 0 Å². The lowest BCUT2D eigenvalue weighted by molar-refractivity contribution is 0.102. The minimum Gasteiger partial charge on any atom is -0.497 e. The maximum atomic E-state index is 12.2. The third-order valence-electron chi connectivity index (χ3n) is 2.91. The minimum absolute atomic E-state index is 0.191. The second kappa shape index (κ2) is 7.04. The van der Waals surface area contributed by atoms with Crippen LogP contribution in [0.15, 0.2) is 48.5 Å². The van der Waals surface area contributed by atoms with Gasteiger partial charge in [0.15, 0.2) is 0 Å². The first kappa shape index (κ1) is 15.3. The number of rotatable bonds is 5. The van der Waals surface area contributed by atoms with Gasteiger partial charge < -0.3 is 10.1 Å². The Balaban J connectivity index is 2.10. The molecule has 0 radical (unpaired) electrons. The van der Waals surface area contributed by atoms with Gasteiger partial charge >= 0.3 is 0 Å². The molecular weight excluding hydrogens is 286 g/mol. The van der Waals surface area contributed by atoms with Crippen LogP contribution < -0.4 is 10.1 Å². The van der Waals surface area contributed by atoms with Crippen LogP contribution in [0.3, 0.4) is 0 Å². The Kier molecular flexibility index (Phi) is 5.11. The molecule has 0 aromatic heterocycles. The molecular formula is C16H17NO3S. The molecule has 2 rings (SSSR count). The van der Waals surface area contributed by atoms with E-state index in [4.69, 9.17) is 4.74 Å². The molecule has 0 heterocycles. The zero-order chi connectivity index (χ0) is 15.2. The first-order chi connectivity index (χ1) is 10.1. The van der Waals surface area contributed by atoms with Crippen molar-refractivity contribution in [3.8, 4) is 5.75 Å². The summed E-state index contributed by atoms with van der Waals surface area (Å²) in [5, 5.41) is 2.82. The molecule has 0 saturated heterocycles. The maximum absolute atomic E-state index is 12.2. The van der Waals surface area contributed by atoms with Crippen molar-refractivity contribution < 1.29 is 13.7 Å². The minimum atomic E-state index is -0.925. The van der Waals surface area contributed by atoms with Crippen LogP contribution in [-0.4, -0.2) is 23.5 Å². The Bertz CT molecular complexity index is 653. The molecule has 2 aromatic rings. The number of hydrogen-bond acceptors (Lipinski definition) is 3. The Labute approximate surface area is 126 Å². The van der Waals surface area contributed by atoms with E-state index in [-0.39, 0.29) is 5.91 Å². The van der Waals surface area contributed by atoms with Crippen molar-refractivity contribution in [3.05, 3.63) is 59.7 Å². The van der Waals surface area contributed by atoms with E-state index in [9.17, 15) is 9.00 Å². The van der Waals surface area contributed by atoms with Gasteiger partial charge in [-0.05, 0) is 42.0 Å². The molecule has 0 aliphatic heterocycles. The summed E-state index contributed by atoms with van der Waals surface area (Å²) in [5.41, 5.74) is 2.14. The molecule has 0 aliphatic rings. The van der Waals surface area contributed by atoms with Crippen LogP contribution >= 0.6 is 0 Å². The fraction of sp³-hybridized carbons (Fsp3) is 0.188. The summed E-state index contributed by atoms with van der Waals surface area (Å²) in [6.07, 6.45) is 1.64. The first-order valence-corrected chi connectivity index (χ1v) is 8.15. The van der Waals surface area contributed by atoms with Crippen molar-refractivity contribution in [1.29, 1.82) is 0 Å². The lowest BCUT2D eigenvalue weighted by atomic mass is 10.1. The van der Waals surface area contributed by atoms with Crippen molar-refractivity contribution in [2.45, 2.75) is 5.75 Å². The van der Waals surface area contributed by atoms with E-state index in [2.05, 4.69) is 5.32 Å². The molecule has 1 unspecified atom stereocenters. The average molecular weight is 303 g/mol. The van der Waals surface area contributed by atoms with Crippen molar-refractivity contribution in [2.75, 3.05) is 18.7 Å². The Hall–Kier alpha value is -2.14. The van der Waals surface area contributed by atoms with Crippen LogP contribution in [0.25, 0.3) is 0 Å². The molecule has 2 aromatic carbocycles. The number of methoxy groups -OCH3 is 1. The van der Waals surface area contributed by atoms with Crippen molar-refractivity contribution >= 4 is 22.4 Å². The molecule has 1 N–H and O–H groups in total. The second-order valence-corrected chi connectivity index (χ2v) is 6.04. The predicted molar refractivity (Wildman–Crippen MR) is 85.2 cm³/mol. The highest BCUT2D eigenvalue weighted by Gasteiger charge is 2.07. The van der Waals surface area contributed by atoms with E-state index in [1.165, 1.54) is 0 Å². The zero-order valence-electron chi connectivity index (χ0n) is 12.0. The van der Waals surface area contributed by atoms with Gasteiger partial charge in [0, 0.05) is 34.1 Å². The number of nitrogens with one attached hydrogen (secondary N) is 1. The summed E-state index contributed by atoms with van der Waals surface area (Å²) in [5.74, 6) is 0.994. The Morgan fingerprint density at radius 1 is 1.19 bits per heavy atom. The van der Waals surface area contributed by atoms with E-state index < -0.39 is 10.8 Å². The third kappa shape index (κ3) is 4.43. The number of hydrogen-bond donors (Lipinski definition) is 1. The summed E-state index contributed by atoms with van der Waals surface area (Å²) in [6, 6.07) is 14.3. The molecule has 1 atom stereocenters.